The van der Waals surface area contributed by atoms with Gasteiger partial charge in [-0.15, -0.1) is 0 Å². The highest BCUT2D eigenvalue weighted by Gasteiger charge is 2.29. The highest BCUT2D eigenvalue weighted by atomic mass is 16.5. The van der Waals surface area contributed by atoms with Gasteiger partial charge in [-0.1, -0.05) is 17.7 Å². The van der Waals surface area contributed by atoms with Crippen molar-refractivity contribution in [3.63, 3.8) is 0 Å². The van der Waals surface area contributed by atoms with E-state index < -0.39 is 11.9 Å². The Morgan fingerprint density at radius 3 is 2.57 bits per heavy atom. The second-order valence-electron chi connectivity index (χ2n) is 5.17. The van der Waals surface area contributed by atoms with Crippen molar-refractivity contribution in [2.24, 2.45) is 5.73 Å². The lowest BCUT2D eigenvalue weighted by Gasteiger charge is -2.27. The zero-order valence-corrected chi connectivity index (χ0v) is 11.6. The molecule has 0 saturated carbocycles. The lowest BCUT2D eigenvalue weighted by atomic mass is 9.99. The Morgan fingerprint density at radius 2 is 1.86 bits per heavy atom. The van der Waals surface area contributed by atoms with Crippen LogP contribution < -0.4 is 15.5 Å². The maximum atomic E-state index is 11.6. The van der Waals surface area contributed by atoms with Crippen LogP contribution in [0.4, 0.5) is 5.69 Å². The molecule has 1 unspecified atom stereocenters. The van der Waals surface area contributed by atoms with Gasteiger partial charge < -0.3 is 10.5 Å². The minimum Gasteiger partial charge on any atom is -0.457 e. The number of fused-ring (bicyclic) bond motifs is 1. The van der Waals surface area contributed by atoms with Crippen molar-refractivity contribution in [3.05, 3.63) is 53.6 Å². The number of hydroxylamine groups is 1. The second-order valence-corrected chi connectivity index (χ2v) is 5.17. The first-order valence-corrected chi connectivity index (χ1v) is 6.70. The predicted octanol–water partition coefficient (Wildman–Crippen LogP) is 2.39. The van der Waals surface area contributed by atoms with E-state index in [1.807, 2.05) is 31.2 Å². The Morgan fingerprint density at radius 1 is 1.19 bits per heavy atom. The van der Waals surface area contributed by atoms with E-state index in [4.69, 9.17) is 10.5 Å². The van der Waals surface area contributed by atoms with Crippen LogP contribution in [0.5, 0.6) is 11.5 Å². The fraction of sp³-hybridized carbons (Fsp3) is 0.188. The molecule has 3 N–H and O–H groups in total. The normalized spacial score (nSPS) is 17.6. The third-order valence-corrected chi connectivity index (χ3v) is 3.50. The highest BCUT2D eigenvalue weighted by Crippen LogP contribution is 2.31. The van der Waals surface area contributed by atoms with Crippen molar-refractivity contribution >= 4 is 11.6 Å². The number of nitrogens with zero attached hydrogens (tertiary/aromatic N) is 1. The lowest BCUT2D eigenvalue weighted by molar-refractivity contribution is -0.125. The van der Waals surface area contributed by atoms with E-state index >= 15 is 0 Å². The highest BCUT2D eigenvalue weighted by molar-refractivity contribution is 5.98. The molecule has 1 amide bonds. The summed E-state index contributed by atoms with van der Waals surface area (Å²) in [5.41, 5.74) is 8.11. The Bertz CT molecular complexity index is 682. The summed E-state index contributed by atoms with van der Waals surface area (Å²) in [4.78, 5) is 11.6. The second kappa shape index (κ2) is 5.20. The molecular formula is C16H16N2O3. The summed E-state index contributed by atoms with van der Waals surface area (Å²) < 4.78 is 5.77. The van der Waals surface area contributed by atoms with Crippen molar-refractivity contribution in [1.29, 1.82) is 0 Å². The molecule has 1 heterocycles. The fourth-order valence-corrected chi connectivity index (χ4v) is 2.34. The Balaban J connectivity index is 1.88. The summed E-state index contributed by atoms with van der Waals surface area (Å²) in [6, 6.07) is 12.2. The van der Waals surface area contributed by atoms with Crippen LogP contribution in [0.15, 0.2) is 42.5 Å². The summed E-state index contributed by atoms with van der Waals surface area (Å²) in [5.74, 6) is 0.889. The van der Waals surface area contributed by atoms with Gasteiger partial charge in [-0.05, 0) is 49.2 Å². The van der Waals surface area contributed by atoms with Gasteiger partial charge >= 0.3 is 0 Å². The molecule has 0 aromatic heterocycles. The van der Waals surface area contributed by atoms with Crippen LogP contribution in [-0.4, -0.2) is 17.2 Å². The lowest BCUT2D eigenvalue weighted by Crippen LogP contribution is -2.47. The van der Waals surface area contributed by atoms with Gasteiger partial charge in [-0.2, -0.15) is 5.06 Å². The molecule has 5 heteroatoms. The van der Waals surface area contributed by atoms with Crippen molar-refractivity contribution in [2.75, 3.05) is 5.06 Å². The maximum absolute atomic E-state index is 11.6. The summed E-state index contributed by atoms with van der Waals surface area (Å²) in [6.07, 6.45) is 0.385. The molecule has 0 aliphatic carbocycles. The molecule has 1 atom stereocenters. The summed E-state index contributed by atoms with van der Waals surface area (Å²) in [6.45, 7) is 2.01. The van der Waals surface area contributed by atoms with Crippen LogP contribution in [0.2, 0.25) is 0 Å². The number of hydrogen-bond donors (Lipinski definition) is 2. The zero-order chi connectivity index (χ0) is 15.0. The van der Waals surface area contributed by atoms with E-state index in [1.54, 1.807) is 18.2 Å². The molecule has 2 aromatic rings. The number of aryl methyl sites for hydroxylation is 1. The molecule has 0 radical (unpaired) electrons. The standard InChI is InChI=1S/C16H16N2O3/c1-10-2-4-12(5-3-10)21-13-6-7-15-11(8-13)9-14(17)16(19)18(15)20/h2-8,14,20H,9,17H2,1H3. The number of rotatable bonds is 2. The minimum absolute atomic E-state index is 0.385. The molecule has 1 aliphatic rings. The number of ether oxygens (including phenoxy) is 1. The van der Waals surface area contributed by atoms with E-state index in [-0.39, 0.29) is 0 Å². The first-order chi connectivity index (χ1) is 10.0. The third-order valence-electron chi connectivity index (χ3n) is 3.50. The van der Waals surface area contributed by atoms with E-state index in [0.717, 1.165) is 16.9 Å². The van der Waals surface area contributed by atoms with Crippen LogP contribution in [-0.2, 0) is 11.2 Å². The number of nitrogens with two attached hydrogens (primary N) is 1. The quantitative estimate of drug-likeness (QED) is 0.830. The smallest absolute Gasteiger partial charge is 0.267 e. The van der Waals surface area contributed by atoms with Crippen molar-refractivity contribution in [2.45, 2.75) is 19.4 Å². The largest absolute Gasteiger partial charge is 0.457 e. The number of carbonyl (C=O) groups is 1. The van der Waals surface area contributed by atoms with Gasteiger partial charge in [0.05, 0.1) is 11.7 Å². The van der Waals surface area contributed by atoms with Gasteiger partial charge in [0.2, 0.25) is 0 Å². The minimum atomic E-state index is -0.725. The van der Waals surface area contributed by atoms with Crippen molar-refractivity contribution in [1.82, 2.24) is 0 Å². The molecule has 5 nitrogen and oxygen atoms in total. The van der Waals surface area contributed by atoms with Gasteiger partial charge in [0, 0.05) is 0 Å². The van der Waals surface area contributed by atoms with E-state index in [2.05, 4.69) is 0 Å². The molecule has 2 aromatic carbocycles. The molecule has 0 bridgehead atoms. The van der Waals surface area contributed by atoms with Crippen LogP contribution in [0.3, 0.4) is 0 Å². The Kier molecular flexibility index (Phi) is 3.37. The first-order valence-electron chi connectivity index (χ1n) is 6.70. The topological polar surface area (TPSA) is 75.8 Å². The van der Waals surface area contributed by atoms with Crippen LogP contribution in [0.1, 0.15) is 11.1 Å². The number of benzene rings is 2. The van der Waals surface area contributed by atoms with Crippen molar-refractivity contribution < 1.29 is 14.7 Å². The van der Waals surface area contributed by atoms with Gasteiger partial charge in [-0.3, -0.25) is 10.0 Å². The van der Waals surface area contributed by atoms with Gasteiger partial charge in [0.15, 0.2) is 0 Å². The molecule has 3 rings (SSSR count). The Labute approximate surface area is 122 Å². The summed E-state index contributed by atoms with van der Waals surface area (Å²) >= 11 is 0. The molecule has 1 aliphatic heterocycles. The summed E-state index contributed by atoms with van der Waals surface area (Å²) in [5, 5.41) is 10.4. The fourth-order valence-electron chi connectivity index (χ4n) is 2.34. The molecule has 0 spiro atoms. The summed E-state index contributed by atoms with van der Waals surface area (Å²) in [7, 11) is 0. The molecular weight excluding hydrogens is 268 g/mol. The predicted molar refractivity (Wildman–Crippen MR) is 78.6 cm³/mol. The third kappa shape index (κ3) is 2.61. The van der Waals surface area contributed by atoms with Crippen molar-refractivity contribution in [3.8, 4) is 11.5 Å². The first kappa shape index (κ1) is 13.6. The van der Waals surface area contributed by atoms with Crippen LogP contribution in [0, 0.1) is 6.92 Å². The molecule has 21 heavy (non-hydrogen) atoms. The average molecular weight is 284 g/mol. The zero-order valence-electron chi connectivity index (χ0n) is 11.6. The number of amides is 1. The van der Waals surface area contributed by atoms with E-state index in [0.29, 0.717) is 22.9 Å². The van der Waals surface area contributed by atoms with Crippen LogP contribution >= 0.6 is 0 Å². The Hall–Kier alpha value is -2.37. The van der Waals surface area contributed by atoms with Crippen LogP contribution in [0.25, 0.3) is 0 Å². The average Bonchev–Trinajstić information content (AvgIpc) is 2.47. The van der Waals surface area contributed by atoms with Gasteiger partial charge in [0.25, 0.3) is 5.91 Å². The SMILES string of the molecule is Cc1ccc(Oc2ccc3c(c2)CC(N)C(=O)N3O)cc1. The van der Waals surface area contributed by atoms with Gasteiger partial charge in [-0.25, -0.2) is 0 Å². The number of anilines is 1. The van der Waals surface area contributed by atoms with Gasteiger partial charge in [0.1, 0.15) is 11.5 Å². The molecule has 0 saturated heterocycles. The van der Waals surface area contributed by atoms with E-state index in [9.17, 15) is 10.0 Å². The van der Waals surface area contributed by atoms with E-state index in [1.165, 1.54) is 0 Å². The number of carbonyl (C=O) groups excluding carboxylic acids is 1. The monoisotopic (exact) mass is 284 g/mol. The molecule has 108 valence electrons. The number of hydrogen-bond acceptors (Lipinski definition) is 4. The maximum Gasteiger partial charge on any atom is 0.267 e. The molecule has 0 fully saturated rings.